The summed E-state index contributed by atoms with van der Waals surface area (Å²) in [5.74, 6) is 0.904. The number of sulfonamides is 1. The maximum absolute atomic E-state index is 13.0. The molecule has 0 spiro atoms. The summed E-state index contributed by atoms with van der Waals surface area (Å²) in [5, 5.41) is 4.34. The van der Waals surface area contributed by atoms with E-state index in [2.05, 4.69) is 14.8 Å². The molecule has 0 aliphatic rings. The summed E-state index contributed by atoms with van der Waals surface area (Å²) in [7, 11) is -3.75. The minimum absolute atomic E-state index is 0.296. The first-order valence-electron chi connectivity index (χ1n) is 7.86. The average molecular weight is 356 g/mol. The molecule has 0 aliphatic heterocycles. The van der Waals surface area contributed by atoms with Gasteiger partial charge in [-0.1, -0.05) is 23.8 Å². The zero-order chi connectivity index (χ0) is 18.2. The van der Waals surface area contributed by atoms with E-state index in [0.29, 0.717) is 33.4 Å². The van der Waals surface area contributed by atoms with Gasteiger partial charge in [0.25, 0.3) is 10.0 Å². The van der Waals surface area contributed by atoms with Crippen molar-refractivity contribution in [3.63, 3.8) is 0 Å². The molecule has 0 unspecified atom stereocenters. The van der Waals surface area contributed by atoms with Gasteiger partial charge in [-0.15, -0.1) is 0 Å². The summed E-state index contributed by atoms with van der Waals surface area (Å²) in [6, 6.07) is 10.8. The van der Waals surface area contributed by atoms with Crippen molar-refractivity contribution in [1.82, 2.24) is 14.8 Å². The van der Waals surface area contributed by atoms with Gasteiger partial charge in [-0.2, -0.15) is 9.78 Å². The van der Waals surface area contributed by atoms with Crippen LogP contribution in [0.15, 0.2) is 47.5 Å². The number of aromatic nitrogens is 3. The van der Waals surface area contributed by atoms with Crippen LogP contribution >= 0.6 is 0 Å². The van der Waals surface area contributed by atoms with Crippen LogP contribution in [0.4, 0.5) is 5.82 Å². The number of nitrogens with zero attached hydrogens (tertiary/aromatic N) is 3. The summed E-state index contributed by atoms with van der Waals surface area (Å²) in [4.78, 5) is 4.53. The topological polar surface area (TPSA) is 76.9 Å². The Bertz CT molecular complexity index is 1000. The SMILES string of the molecule is Cc1cc(C)c(S(=O)(=O)Nc2cc(C)nn2-c2ccccn2)c(C)c1. The number of hydrogen-bond acceptors (Lipinski definition) is 4. The number of nitrogens with one attached hydrogen (secondary N) is 1. The smallest absolute Gasteiger partial charge is 0.263 e. The Hall–Kier alpha value is -2.67. The number of benzene rings is 1. The molecule has 0 atom stereocenters. The van der Waals surface area contributed by atoms with Crippen molar-refractivity contribution in [3.05, 3.63) is 65.0 Å². The van der Waals surface area contributed by atoms with E-state index in [1.54, 1.807) is 45.2 Å². The van der Waals surface area contributed by atoms with Crippen LogP contribution in [0, 0.1) is 27.7 Å². The highest BCUT2D eigenvalue weighted by molar-refractivity contribution is 7.92. The Kier molecular flexibility index (Phi) is 4.34. The lowest BCUT2D eigenvalue weighted by molar-refractivity contribution is 0.599. The summed E-state index contributed by atoms with van der Waals surface area (Å²) >= 11 is 0. The van der Waals surface area contributed by atoms with Crippen molar-refractivity contribution in [3.8, 4) is 5.82 Å². The highest BCUT2D eigenvalue weighted by atomic mass is 32.2. The molecule has 2 heterocycles. The first kappa shape index (κ1) is 17.2. The van der Waals surface area contributed by atoms with Gasteiger partial charge in [-0.3, -0.25) is 4.72 Å². The van der Waals surface area contributed by atoms with E-state index < -0.39 is 10.0 Å². The van der Waals surface area contributed by atoms with E-state index in [4.69, 9.17) is 0 Å². The predicted octanol–water partition coefficient (Wildman–Crippen LogP) is 3.30. The molecule has 1 N–H and O–H groups in total. The second kappa shape index (κ2) is 6.33. The molecule has 25 heavy (non-hydrogen) atoms. The monoisotopic (exact) mass is 356 g/mol. The molecule has 0 radical (unpaired) electrons. The molecule has 1 aromatic carbocycles. The molecular weight excluding hydrogens is 336 g/mol. The Morgan fingerprint density at radius 1 is 1.00 bits per heavy atom. The predicted molar refractivity (Wildman–Crippen MR) is 97.6 cm³/mol. The molecule has 0 aliphatic carbocycles. The first-order chi connectivity index (χ1) is 11.8. The molecule has 3 aromatic rings. The summed E-state index contributed by atoms with van der Waals surface area (Å²) in [5.41, 5.74) is 3.15. The largest absolute Gasteiger partial charge is 0.263 e. The van der Waals surface area contributed by atoms with E-state index in [1.807, 2.05) is 25.1 Å². The number of rotatable bonds is 4. The Morgan fingerprint density at radius 3 is 2.28 bits per heavy atom. The molecule has 6 nitrogen and oxygen atoms in total. The molecule has 0 fully saturated rings. The van der Waals surface area contributed by atoms with Crippen molar-refractivity contribution in [2.75, 3.05) is 4.72 Å². The van der Waals surface area contributed by atoms with Crippen LogP contribution in [-0.2, 0) is 10.0 Å². The molecular formula is C18H20N4O2S. The van der Waals surface area contributed by atoms with E-state index >= 15 is 0 Å². The van der Waals surface area contributed by atoms with Gasteiger partial charge in [0.05, 0.1) is 10.6 Å². The van der Waals surface area contributed by atoms with E-state index in [9.17, 15) is 8.42 Å². The molecule has 130 valence electrons. The number of anilines is 1. The Labute approximate surface area is 147 Å². The third kappa shape index (κ3) is 3.41. The van der Waals surface area contributed by atoms with Crippen molar-refractivity contribution >= 4 is 15.8 Å². The van der Waals surface area contributed by atoms with Crippen LogP contribution in [0.2, 0.25) is 0 Å². The van der Waals surface area contributed by atoms with Gasteiger partial charge in [0.2, 0.25) is 0 Å². The van der Waals surface area contributed by atoms with E-state index in [-0.39, 0.29) is 0 Å². The van der Waals surface area contributed by atoms with Gasteiger partial charge in [-0.05, 0) is 51.0 Å². The van der Waals surface area contributed by atoms with Gasteiger partial charge >= 0.3 is 0 Å². The number of pyridine rings is 1. The van der Waals surface area contributed by atoms with Crippen LogP contribution in [0.3, 0.4) is 0 Å². The van der Waals surface area contributed by atoms with Crippen molar-refractivity contribution in [2.45, 2.75) is 32.6 Å². The van der Waals surface area contributed by atoms with Gasteiger partial charge in [0, 0.05) is 12.3 Å². The van der Waals surface area contributed by atoms with Crippen LogP contribution in [0.25, 0.3) is 5.82 Å². The lowest BCUT2D eigenvalue weighted by atomic mass is 10.1. The second-order valence-corrected chi connectivity index (χ2v) is 7.72. The van der Waals surface area contributed by atoms with Gasteiger partial charge in [0.15, 0.2) is 5.82 Å². The maximum Gasteiger partial charge on any atom is 0.263 e. The van der Waals surface area contributed by atoms with Crippen molar-refractivity contribution in [2.24, 2.45) is 0 Å². The zero-order valence-electron chi connectivity index (χ0n) is 14.6. The van der Waals surface area contributed by atoms with Gasteiger partial charge in [0.1, 0.15) is 5.82 Å². The van der Waals surface area contributed by atoms with Crippen molar-refractivity contribution < 1.29 is 8.42 Å². The molecule has 0 saturated carbocycles. The fourth-order valence-corrected chi connectivity index (χ4v) is 4.49. The third-order valence-electron chi connectivity index (χ3n) is 3.81. The average Bonchev–Trinajstić information content (AvgIpc) is 2.86. The minimum atomic E-state index is -3.75. The molecule has 0 bridgehead atoms. The van der Waals surface area contributed by atoms with Gasteiger partial charge in [-0.25, -0.2) is 13.4 Å². The van der Waals surface area contributed by atoms with Crippen LogP contribution in [0.5, 0.6) is 0 Å². The van der Waals surface area contributed by atoms with Crippen LogP contribution < -0.4 is 4.72 Å². The zero-order valence-corrected chi connectivity index (χ0v) is 15.4. The Balaban J connectivity index is 2.06. The van der Waals surface area contributed by atoms with Crippen molar-refractivity contribution in [1.29, 1.82) is 0 Å². The molecule has 3 rings (SSSR count). The lowest BCUT2D eigenvalue weighted by Crippen LogP contribution is -2.18. The molecule has 2 aromatic heterocycles. The van der Waals surface area contributed by atoms with Crippen LogP contribution in [-0.4, -0.2) is 23.2 Å². The van der Waals surface area contributed by atoms with E-state index in [1.165, 1.54) is 4.68 Å². The fourth-order valence-electron chi connectivity index (χ4n) is 3.01. The lowest BCUT2D eigenvalue weighted by Gasteiger charge is -2.14. The standard InChI is InChI=1S/C18H20N4O2S/c1-12-9-13(2)18(14(3)10-12)25(23,24)21-17-11-15(4)20-22(17)16-7-5-6-8-19-16/h5-11,21H,1-4H3. The number of hydrogen-bond donors (Lipinski definition) is 1. The summed E-state index contributed by atoms with van der Waals surface area (Å²) < 4.78 is 30.1. The third-order valence-corrected chi connectivity index (χ3v) is 5.47. The maximum atomic E-state index is 13.0. The quantitative estimate of drug-likeness (QED) is 0.778. The van der Waals surface area contributed by atoms with Crippen LogP contribution in [0.1, 0.15) is 22.4 Å². The van der Waals surface area contributed by atoms with Gasteiger partial charge < -0.3 is 0 Å². The summed E-state index contributed by atoms with van der Waals surface area (Å²) in [6.07, 6.45) is 1.64. The second-order valence-electron chi connectivity index (χ2n) is 6.10. The fraction of sp³-hybridized carbons (Fsp3) is 0.222. The molecule has 0 amide bonds. The molecule has 7 heteroatoms. The number of aryl methyl sites for hydroxylation is 4. The minimum Gasteiger partial charge on any atom is -0.263 e. The highest BCUT2D eigenvalue weighted by Gasteiger charge is 2.22. The summed E-state index contributed by atoms with van der Waals surface area (Å²) in [6.45, 7) is 7.36. The normalized spacial score (nSPS) is 11.5. The van der Waals surface area contributed by atoms with E-state index in [0.717, 1.165) is 5.56 Å². The highest BCUT2D eigenvalue weighted by Crippen LogP contribution is 2.25. The first-order valence-corrected chi connectivity index (χ1v) is 9.35. The molecule has 0 saturated heterocycles. The Morgan fingerprint density at radius 2 is 1.68 bits per heavy atom.